The number of hydrogen-bond acceptors (Lipinski definition) is 5. The van der Waals surface area contributed by atoms with Gasteiger partial charge in [0.05, 0.1) is 11.3 Å². The van der Waals surface area contributed by atoms with Crippen LogP contribution in [-0.4, -0.2) is 27.5 Å². The molecule has 0 amide bonds. The Balaban J connectivity index is 1.42. The van der Waals surface area contributed by atoms with Crippen molar-refractivity contribution in [3.8, 4) is 22.4 Å². The van der Waals surface area contributed by atoms with E-state index in [-0.39, 0.29) is 6.04 Å². The number of aromatic nitrogens is 3. The number of benzene rings is 2. The van der Waals surface area contributed by atoms with Gasteiger partial charge in [0.25, 0.3) is 0 Å². The maximum atomic E-state index is 13.3. The summed E-state index contributed by atoms with van der Waals surface area (Å²) in [7, 11) is 0. The molecule has 0 aliphatic carbocycles. The van der Waals surface area contributed by atoms with Gasteiger partial charge >= 0.3 is 6.18 Å². The summed E-state index contributed by atoms with van der Waals surface area (Å²) >= 11 is 0. The third-order valence-corrected chi connectivity index (χ3v) is 5.92. The molecular formula is C26H22F3N5. The lowest BCUT2D eigenvalue weighted by Crippen LogP contribution is -2.40. The third-order valence-electron chi connectivity index (χ3n) is 5.92. The Hall–Kier alpha value is -3.78. The van der Waals surface area contributed by atoms with Crippen molar-refractivity contribution in [2.45, 2.75) is 25.2 Å². The van der Waals surface area contributed by atoms with Crippen LogP contribution in [0.5, 0.6) is 0 Å². The lowest BCUT2D eigenvalue weighted by Gasteiger charge is -2.26. The summed E-state index contributed by atoms with van der Waals surface area (Å²) in [5, 5.41) is 6.81. The second-order valence-electron chi connectivity index (χ2n) is 8.20. The zero-order valence-corrected chi connectivity index (χ0v) is 18.2. The molecule has 8 heteroatoms. The predicted octanol–water partition coefficient (Wildman–Crippen LogP) is 5.35. The summed E-state index contributed by atoms with van der Waals surface area (Å²) in [6, 6.07) is 17.3. The molecule has 0 radical (unpaired) electrons. The first-order valence-corrected chi connectivity index (χ1v) is 11.0. The molecule has 4 aromatic rings. The monoisotopic (exact) mass is 461 g/mol. The van der Waals surface area contributed by atoms with Crippen molar-refractivity contribution in [3.05, 3.63) is 95.9 Å². The van der Waals surface area contributed by atoms with Gasteiger partial charge in [-0.1, -0.05) is 36.4 Å². The molecule has 0 saturated carbocycles. The van der Waals surface area contributed by atoms with Gasteiger partial charge in [-0.05, 0) is 47.4 Å². The van der Waals surface area contributed by atoms with Gasteiger partial charge in [-0.2, -0.15) is 13.2 Å². The summed E-state index contributed by atoms with van der Waals surface area (Å²) in [6.07, 6.45) is 1.29. The number of hydrogen-bond donors (Lipinski definition) is 2. The summed E-state index contributed by atoms with van der Waals surface area (Å²) in [6.45, 7) is 1.42. The van der Waals surface area contributed by atoms with E-state index >= 15 is 0 Å². The smallest absolute Gasteiger partial charge is 0.353 e. The van der Waals surface area contributed by atoms with E-state index in [1.54, 1.807) is 36.8 Å². The second kappa shape index (κ2) is 9.23. The molecule has 1 atom stereocenters. The molecule has 0 unspecified atom stereocenters. The molecule has 2 N–H and O–H groups in total. The summed E-state index contributed by atoms with van der Waals surface area (Å²) < 4.78 is 39.9. The van der Waals surface area contributed by atoms with Crippen LogP contribution in [-0.2, 0) is 19.1 Å². The fourth-order valence-electron chi connectivity index (χ4n) is 4.15. The molecule has 2 aromatic heterocycles. The van der Waals surface area contributed by atoms with Crippen molar-refractivity contribution in [2.75, 3.05) is 11.9 Å². The highest BCUT2D eigenvalue weighted by molar-refractivity contribution is 5.81. The number of nitrogens with one attached hydrogen (secondary N) is 2. The van der Waals surface area contributed by atoms with E-state index in [4.69, 9.17) is 0 Å². The van der Waals surface area contributed by atoms with Gasteiger partial charge in [-0.25, -0.2) is 9.97 Å². The van der Waals surface area contributed by atoms with Gasteiger partial charge in [0.15, 0.2) is 0 Å². The first-order valence-electron chi connectivity index (χ1n) is 11.0. The Morgan fingerprint density at radius 2 is 1.74 bits per heavy atom. The lowest BCUT2D eigenvalue weighted by atomic mass is 9.96. The van der Waals surface area contributed by atoms with Crippen LogP contribution < -0.4 is 10.6 Å². The molecule has 3 heterocycles. The zero-order valence-electron chi connectivity index (χ0n) is 18.2. The maximum absolute atomic E-state index is 13.3. The minimum Gasteiger partial charge on any atom is -0.353 e. The van der Waals surface area contributed by atoms with Crippen molar-refractivity contribution in [3.63, 3.8) is 0 Å². The highest BCUT2D eigenvalue weighted by atomic mass is 19.4. The normalized spacial score (nSPS) is 15.6. The lowest BCUT2D eigenvalue weighted by molar-refractivity contribution is -0.137. The van der Waals surface area contributed by atoms with E-state index in [1.165, 1.54) is 17.2 Å². The largest absolute Gasteiger partial charge is 0.416 e. The number of fused-ring (bicyclic) bond motifs is 1. The zero-order chi connectivity index (χ0) is 23.5. The van der Waals surface area contributed by atoms with Crippen molar-refractivity contribution < 1.29 is 13.2 Å². The highest BCUT2D eigenvalue weighted by Crippen LogP contribution is 2.35. The second-order valence-corrected chi connectivity index (χ2v) is 8.20. The van der Waals surface area contributed by atoms with E-state index in [9.17, 15) is 13.2 Å². The average molecular weight is 461 g/mol. The summed E-state index contributed by atoms with van der Waals surface area (Å²) in [5.74, 6) is 0.420. The molecule has 0 fully saturated rings. The molecular weight excluding hydrogens is 439 g/mol. The van der Waals surface area contributed by atoms with Crippen LogP contribution in [0, 0.1) is 0 Å². The van der Waals surface area contributed by atoms with E-state index in [0.717, 1.165) is 30.7 Å². The summed E-state index contributed by atoms with van der Waals surface area (Å²) in [4.78, 5) is 13.1. The predicted molar refractivity (Wildman–Crippen MR) is 125 cm³/mol. The number of alkyl halides is 3. The first-order chi connectivity index (χ1) is 16.5. The number of anilines is 1. The van der Waals surface area contributed by atoms with Gasteiger partial charge in [0.2, 0.25) is 5.95 Å². The molecule has 172 valence electrons. The van der Waals surface area contributed by atoms with Gasteiger partial charge < -0.3 is 10.6 Å². The molecule has 5 rings (SSSR count). The van der Waals surface area contributed by atoms with Gasteiger partial charge in [-0.15, -0.1) is 0 Å². The van der Waals surface area contributed by atoms with E-state index in [1.807, 2.05) is 12.1 Å². The Kier molecular flexibility index (Phi) is 5.98. The van der Waals surface area contributed by atoms with Crippen LogP contribution in [0.15, 0.2) is 79.3 Å². The average Bonchev–Trinajstić information content (AvgIpc) is 2.87. The van der Waals surface area contributed by atoms with Crippen LogP contribution in [0.3, 0.4) is 0 Å². The standard InChI is InChI=1S/C26H22F3N5/c27-26(28,29)21-7-3-6-19(12-21)23-16-33-25(34-24(23)17-8-10-30-11-9-17)32-15-22-13-18-4-1-2-5-20(18)14-31-22/h1-12,16,22,31H,13-15H2,(H,32,33,34)/t22-/m0/s1. The number of rotatable bonds is 5. The number of halogens is 3. The molecule has 1 aliphatic heterocycles. The van der Waals surface area contributed by atoms with E-state index in [2.05, 4.69) is 37.7 Å². The quantitative estimate of drug-likeness (QED) is 0.420. The fraction of sp³-hybridized carbons (Fsp3) is 0.192. The molecule has 5 nitrogen and oxygen atoms in total. The summed E-state index contributed by atoms with van der Waals surface area (Å²) in [5.41, 5.74) is 4.13. The van der Waals surface area contributed by atoms with E-state index < -0.39 is 11.7 Å². The molecule has 0 spiro atoms. The van der Waals surface area contributed by atoms with Crippen LogP contribution >= 0.6 is 0 Å². The van der Waals surface area contributed by atoms with Gasteiger partial charge in [0, 0.05) is 48.8 Å². The molecule has 0 saturated heterocycles. The van der Waals surface area contributed by atoms with Gasteiger partial charge in [-0.3, -0.25) is 4.98 Å². The van der Waals surface area contributed by atoms with Crippen LogP contribution in [0.2, 0.25) is 0 Å². The first kappa shape index (κ1) is 22.0. The van der Waals surface area contributed by atoms with Crippen LogP contribution in [0.1, 0.15) is 16.7 Å². The van der Waals surface area contributed by atoms with Crippen LogP contribution in [0.4, 0.5) is 19.1 Å². The topological polar surface area (TPSA) is 62.7 Å². The molecule has 1 aliphatic rings. The van der Waals surface area contributed by atoms with Crippen LogP contribution in [0.25, 0.3) is 22.4 Å². The van der Waals surface area contributed by atoms with Crippen molar-refractivity contribution in [2.24, 2.45) is 0 Å². The Bertz CT molecular complexity index is 1290. The molecule has 0 bridgehead atoms. The van der Waals surface area contributed by atoms with E-state index in [0.29, 0.717) is 29.3 Å². The minimum absolute atomic E-state index is 0.214. The third kappa shape index (κ3) is 4.77. The van der Waals surface area contributed by atoms with Gasteiger partial charge in [0.1, 0.15) is 0 Å². The van der Waals surface area contributed by atoms with Crippen molar-refractivity contribution in [1.29, 1.82) is 0 Å². The van der Waals surface area contributed by atoms with Crippen molar-refractivity contribution in [1.82, 2.24) is 20.3 Å². The fourth-order valence-corrected chi connectivity index (χ4v) is 4.15. The number of nitrogens with zero attached hydrogens (tertiary/aromatic N) is 3. The SMILES string of the molecule is FC(F)(F)c1cccc(-c2cnc(NC[C@@H]3Cc4ccccc4CN3)nc2-c2ccncc2)c1. The maximum Gasteiger partial charge on any atom is 0.416 e. The Morgan fingerprint density at radius 1 is 0.941 bits per heavy atom. The highest BCUT2D eigenvalue weighted by Gasteiger charge is 2.30. The number of pyridine rings is 1. The Labute approximate surface area is 195 Å². The van der Waals surface area contributed by atoms with Crippen molar-refractivity contribution >= 4 is 5.95 Å². The Morgan fingerprint density at radius 3 is 2.53 bits per heavy atom. The molecule has 2 aromatic carbocycles. The minimum atomic E-state index is -4.43. The molecule has 34 heavy (non-hydrogen) atoms.